The Morgan fingerprint density at radius 3 is 2.87 bits per heavy atom. The van der Waals surface area contributed by atoms with Gasteiger partial charge in [0.05, 0.1) is 28.7 Å². The van der Waals surface area contributed by atoms with E-state index in [4.69, 9.17) is 0 Å². The van der Waals surface area contributed by atoms with Crippen molar-refractivity contribution in [2.75, 3.05) is 17.7 Å². The van der Waals surface area contributed by atoms with Crippen molar-refractivity contribution in [3.05, 3.63) is 54.1 Å². The Balaban J connectivity index is 1.74. The summed E-state index contributed by atoms with van der Waals surface area (Å²) in [5.41, 5.74) is 1.23. The predicted octanol–water partition coefficient (Wildman–Crippen LogP) is 3.18. The first-order valence-electron chi connectivity index (χ1n) is 9.57. The van der Waals surface area contributed by atoms with E-state index in [0.717, 1.165) is 19.1 Å². The van der Waals surface area contributed by atoms with Crippen LogP contribution in [0.3, 0.4) is 0 Å². The Morgan fingerprint density at radius 2 is 2.13 bits per heavy atom. The molecule has 1 aromatic carbocycles. The van der Waals surface area contributed by atoms with Crippen LogP contribution in [0.5, 0.6) is 0 Å². The molecule has 0 saturated carbocycles. The summed E-state index contributed by atoms with van der Waals surface area (Å²) in [6, 6.07) is 8.87. The molecule has 1 unspecified atom stereocenters. The lowest BCUT2D eigenvalue weighted by Crippen LogP contribution is -2.52. The van der Waals surface area contributed by atoms with Crippen molar-refractivity contribution in [1.82, 2.24) is 14.3 Å². The molecule has 0 spiro atoms. The summed E-state index contributed by atoms with van der Waals surface area (Å²) < 4.78 is 40.1. The minimum absolute atomic E-state index is 0.149. The number of hydrogen-bond donors (Lipinski definition) is 0. The van der Waals surface area contributed by atoms with Crippen molar-refractivity contribution in [3.63, 3.8) is 0 Å². The maximum absolute atomic E-state index is 13.6. The fraction of sp³-hybridized carbons (Fsp3) is 0.350. The summed E-state index contributed by atoms with van der Waals surface area (Å²) in [5.74, 6) is -0.721. The van der Waals surface area contributed by atoms with Crippen molar-refractivity contribution in [3.8, 4) is 0 Å². The summed E-state index contributed by atoms with van der Waals surface area (Å²) in [4.78, 5) is 23.9. The zero-order valence-electron chi connectivity index (χ0n) is 16.4. The summed E-state index contributed by atoms with van der Waals surface area (Å²) in [6.45, 7) is 0.466. The number of rotatable bonds is 5. The van der Waals surface area contributed by atoms with Crippen LogP contribution in [-0.4, -0.2) is 47.4 Å². The largest absolute Gasteiger partial charge is 0.281 e. The molecule has 3 aromatic rings. The van der Waals surface area contributed by atoms with Crippen LogP contribution < -0.4 is 4.90 Å². The van der Waals surface area contributed by atoms with Crippen LogP contribution in [0, 0.1) is 5.82 Å². The number of anilines is 1. The van der Waals surface area contributed by atoms with E-state index in [9.17, 15) is 17.6 Å². The third kappa shape index (κ3) is 4.35. The summed E-state index contributed by atoms with van der Waals surface area (Å²) >= 11 is 1.20. The third-order valence-electron chi connectivity index (χ3n) is 5.05. The van der Waals surface area contributed by atoms with Crippen LogP contribution in [0.4, 0.5) is 9.52 Å². The Kier molecular flexibility index (Phi) is 5.81. The second-order valence-electron chi connectivity index (χ2n) is 7.24. The van der Waals surface area contributed by atoms with Gasteiger partial charge in [-0.3, -0.25) is 14.7 Å². The van der Waals surface area contributed by atoms with Gasteiger partial charge in [0.2, 0.25) is 15.9 Å². The van der Waals surface area contributed by atoms with Gasteiger partial charge >= 0.3 is 0 Å². The zero-order chi connectivity index (χ0) is 21.3. The van der Waals surface area contributed by atoms with Gasteiger partial charge in [0, 0.05) is 12.7 Å². The lowest BCUT2D eigenvalue weighted by Gasteiger charge is -2.35. The summed E-state index contributed by atoms with van der Waals surface area (Å²) in [7, 11) is -3.54. The lowest BCUT2D eigenvalue weighted by atomic mass is 10.0. The number of halogens is 1. The SMILES string of the molecule is CS(=O)(=O)N1CCCCC1C(=O)N(Cc1ccccn1)c1nc2ccc(F)cc2s1. The molecule has 2 aromatic heterocycles. The van der Waals surface area contributed by atoms with Crippen molar-refractivity contribution in [2.45, 2.75) is 31.8 Å². The first-order chi connectivity index (χ1) is 14.3. The topological polar surface area (TPSA) is 83.5 Å². The number of amides is 1. The molecule has 0 N–H and O–H groups in total. The molecule has 1 fully saturated rings. The second kappa shape index (κ2) is 8.37. The van der Waals surface area contributed by atoms with Crippen molar-refractivity contribution < 1.29 is 17.6 Å². The number of sulfonamides is 1. The second-order valence-corrected chi connectivity index (χ2v) is 10.2. The van der Waals surface area contributed by atoms with Crippen LogP contribution in [0.15, 0.2) is 42.6 Å². The summed E-state index contributed by atoms with van der Waals surface area (Å²) in [6.07, 6.45) is 4.70. The predicted molar refractivity (Wildman–Crippen MR) is 114 cm³/mol. The Hall–Kier alpha value is -2.43. The Bertz CT molecular complexity index is 1170. The first-order valence-corrected chi connectivity index (χ1v) is 12.2. The van der Waals surface area contributed by atoms with Gasteiger partial charge in [-0.2, -0.15) is 4.31 Å². The monoisotopic (exact) mass is 448 g/mol. The maximum Gasteiger partial charge on any atom is 0.247 e. The number of carbonyl (C=O) groups excluding carboxylic acids is 1. The molecule has 0 radical (unpaired) electrons. The van der Waals surface area contributed by atoms with Gasteiger partial charge < -0.3 is 0 Å². The number of carbonyl (C=O) groups is 1. The van der Waals surface area contributed by atoms with Gasteiger partial charge in [-0.15, -0.1) is 0 Å². The van der Waals surface area contributed by atoms with Gasteiger partial charge in [-0.25, -0.2) is 17.8 Å². The van der Waals surface area contributed by atoms with Crippen molar-refractivity contribution >= 4 is 42.6 Å². The standard InChI is InChI=1S/C20H21FN4O3S2/c1-30(27,28)25-11-5-3-7-17(25)19(26)24(13-15-6-2-4-10-22-15)20-23-16-9-8-14(21)12-18(16)29-20/h2,4,6,8-10,12,17H,3,5,7,11,13H2,1H3. The first kappa shape index (κ1) is 20.8. The molecule has 1 atom stereocenters. The molecule has 3 heterocycles. The Morgan fingerprint density at radius 1 is 1.30 bits per heavy atom. The van der Waals surface area contributed by atoms with Crippen molar-refractivity contribution in [2.24, 2.45) is 0 Å². The smallest absolute Gasteiger partial charge is 0.247 e. The van der Waals surface area contributed by atoms with E-state index in [2.05, 4.69) is 9.97 Å². The van der Waals surface area contributed by atoms with E-state index in [-0.39, 0.29) is 18.3 Å². The molecule has 1 aliphatic heterocycles. The molecule has 1 amide bonds. The average molecular weight is 449 g/mol. The molecule has 10 heteroatoms. The quantitative estimate of drug-likeness (QED) is 0.599. The van der Waals surface area contributed by atoms with E-state index < -0.39 is 16.1 Å². The van der Waals surface area contributed by atoms with Gasteiger partial charge in [0.25, 0.3) is 0 Å². The van der Waals surface area contributed by atoms with Crippen molar-refractivity contribution in [1.29, 1.82) is 0 Å². The normalized spacial score (nSPS) is 17.9. The number of fused-ring (bicyclic) bond motifs is 1. The minimum Gasteiger partial charge on any atom is -0.281 e. The molecule has 0 aliphatic carbocycles. The number of nitrogens with zero attached hydrogens (tertiary/aromatic N) is 4. The maximum atomic E-state index is 13.6. The molecule has 1 aliphatic rings. The number of pyridine rings is 1. The zero-order valence-corrected chi connectivity index (χ0v) is 18.0. The number of thiazole rings is 1. The molecule has 158 valence electrons. The number of hydrogen-bond acceptors (Lipinski definition) is 6. The molecule has 1 saturated heterocycles. The highest BCUT2D eigenvalue weighted by Crippen LogP contribution is 2.32. The minimum atomic E-state index is -3.54. The van der Waals surface area contributed by atoms with Crippen LogP contribution in [0.2, 0.25) is 0 Å². The van der Waals surface area contributed by atoms with Gasteiger partial charge in [0.15, 0.2) is 5.13 Å². The van der Waals surface area contributed by atoms with Gasteiger partial charge in [0.1, 0.15) is 11.9 Å². The van der Waals surface area contributed by atoms with E-state index in [0.29, 0.717) is 34.0 Å². The number of piperidine rings is 1. The third-order valence-corrected chi connectivity index (χ3v) is 7.38. The van der Waals surface area contributed by atoms with Crippen LogP contribution in [-0.2, 0) is 21.4 Å². The van der Waals surface area contributed by atoms with Gasteiger partial charge in [-0.05, 0) is 43.2 Å². The average Bonchev–Trinajstić information content (AvgIpc) is 3.14. The molecular formula is C20H21FN4O3S2. The molecule has 4 rings (SSSR count). The Labute approximate surface area is 178 Å². The van der Waals surface area contributed by atoms with Crippen LogP contribution >= 0.6 is 11.3 Å². The highest BCUT2D eigenvalue weighted by atomic mass is 32.2. The van der Waals surface area contributed by atoms with Gasteiger partial charge in [-0.1, -0.05) is 23.8 Å². The molecule has 30 heavy (non-hydrogen) atoms. The summed E-state index contributed by atoms with van der Waals surface area (Å²) in [5, 5.41) is 0.394. The highest BCUT2D eigenvalue weighted by molar-refractivity contribution is 7.88. The highest BCUT2D eigenvalue weighted by Gasteiger charge is 2.38. The molecular weight excluding hydrogens is 427 g/mol. The van der Waals surface area contributed by atoms with E-state index in [1.165, 1.54) is 32.7 Å². The van der Waals surface area contributed by atoms with Crippen LogP contribution in [0.1, 0.15) is 25.0 Å². The number of aromatic nitrogens is 2. The molecule has 7 nitrogen and oxygen atoms in total. The number of benzene rings is 1. The fourth-order valence-corrected chi connectivity index (χ4v) is 5.74. The lowest BCUT2D eigenvalue weighted by molar-refractivity contribution is -0.123. The van der Waals surface area contributed by atoms with Crippen LogP contribution in [0.25, 0.3) is 10.2 Å². The fourth-order valence-electron chi connectivity index (χ4n) is 3.62. The van der Waals surface area contributed by atoms with E-state index >= 15 is 0 Å². The van der Waals surface area contributed by atoms with E-state index in [1.54, 1.807) is 24.4 Å². The van der Waals surface area contributed by atoms with E-state index in [1.807, 2.05) is 6.07 Å². The molecule has 0 bridgehead atoms.